The van der Waals surface area contributed by atoms with Crippen molar-refractivity contribution < 1.29 is 13.9 Å². The van der Waals surface area contributed by atoms with E-state index in [0.717, 1.165) is 4.47 Å². The van der Waals surface area contributed by atoms with Crippen LogP contribution in [0.1, 0.15) is 23.9 Å². The molecule has 0 fully saturated rings. The minimum absolute atomic E-state index is 0.0315. The predicted molar refractivity (Wildman–Crippen MR) is 143 cm³/mol. The van der Waals surface area contributed by atoms with Crippen LogP contribution < -0.4 is 15.0 Å². The van der Waals surface area contributed by atoms with Crippen LogP contribution in [0.2, 0.25) is 5.02 Å². The molecule has 1 aromatic heterocycles. The van der Waals surface area contributed by atoms with E-state index in [9.17, 15) is 9.18 Å². The van der Waals surface area contributed by atoms with Crippen LogP contribution in [0.4, 0.5) is 4.39 Å². The molecule has 0 N–H and O–H groups in total. The fraction of sp³-hybridized carbons (Fsp3) is 0.160. The van der Waals surface area contributed by atoms with E-state index in [4.69, 9.17) is 21.1 Å². The van der Waals surface area contributed by atoms with Crippen LogP contribution in [0.5, 0.6) is 11.5 Å². The molecule has 4 rings (SSSR count). The second kappa shape index (κ2) is 10.9. The van der Waals surface area contributed by atoms with Gasteiger partial charge in [0.15, 0.2) is 11.5 Å². The summed E-state index contributed by atoms with van der Waals surface area (Å²) < 4.78 is 27.8. The molecule has 0 aliphatic rings. The van der Waals surface area contributed by atoms with Crippen molar-refractivity contribution >= 4 is 60.6 Å². The Hall–Kier alpha value is -2.75. The molecule has 4 aromatic rings. The van der Waals surface area contributed by atoms with Gasteiger partial charge in [0, 0.05) is 26.5 Å². The Kier molecular flexibility index (Phi) is 7.88. The SMILES string of the molecule is CCc1nc2ccc(Br)cc2c(=O)n1N=Cc1cc(OC)c(OCc2ccccc2F)c(Cl)c1Br. The predicted octanol–water partition coefficient (Wildman–Crippen LogP) is 6.75. The van der Waals surface area contributed by atoms with Crippen molar-refractivity contribution in [2.75, 3.05) is 7.11 Å². The number of hydrogen-bond acceptors (Lipinski definition) is 5. The standard InChI is InChI=1S/C25H19Br2ClFN3O3/c1-3-21-31-19-9-8-16(26)11-17(19)25(33)32(21)30-12-15-10-20(34-2)24(23(28)22(15)27)35-13-14-6-4-5-7-18(14)29/h4-12H,3,13H2,1-2H3. The summed E-state index contributed by atoms with van der Waals surface area (Å²) in [7, 11) is 1.47. The van der Waals surface area contributed by atoms with Crippen LogP contribution in [0.15, 0.2) is 67.4 Å². The van der Waals surface area contributed by atoms with Gasteiger partial charge in [-0.05, 0) is 46.3 Å². The topological polar surface area (TPSA) is 65.7 Å². The summed E-state index contributed by atoms with van der Waals surface area (Å²) in [5.41, 5.74) is 1.25. The molecule has 0 spiro atoms. The van der Waals surface area contributed by atoms with Crippen molar-refractivity contribution in [2.24, 2.45) is 5.10 Å². The summed E-state index contributed by atoms with van der Waals surface area (Å²) in [5.74, 6) is 0.725. The fourth-order valence-corrected chi connectivity index (χ4v) is 4.43. The number of fused-ring (bicyclic) bond motifs is 1. The molecule has 0 aliphatic heterocycles. The highest BCUT2D eigenvalue weighted by molar-refractivity contribution is 9.10. The maximum absolute atomic E-state index is 14.0. The van der Waals surface area contributed by atoms with E-state index in [-0.39, 0.29) is 28.8 Å². The zero-order chi connectivity index (χ0) is 25.1. The van der Waals surface area contributed by atoms with Crippen LogP contribution in [0.25, 0.3) is 10.9 Å². The van der Waals surface area contributed by atoms with Gasteiger partial charge in [-0.15, -0.1) is 0 Å². The maximum Gasteiger partial charge on any atom is 0.282 e. The van der Waals surface area contributed by atoms with Crippen molar-refractivity contribution in [3.8, 4) is 11.5 Å². The summed E-state index contributed by atoms with van der Waals surface area (Å²) >= 11 is 13.4. The number of halogens is 4. The molecule has 1 heterocycles. The lowest BCUT2D eigenvalue weighted by atomic mass is 10.2. The first kappa shape index (κ1) is 25.3. The molecule has 0 atom stereocenters. The maximum atomic E-state index is 14.0. The Morgan fingerprint density at radius 3 is 2.69 bits per heavy atom. The largest absolute Gasteiger partial charge is 0.493 e. The summed E-state index contributed by atoms with van der Waals surface area (Å²) in [6.07, 6.45) is 2.00. The lowest BCUT2D eigenvalue weighted by molar-refractivity contribution is 0.279. The van der Waals surface area contributed by atoms with E-state index in [1.165, 1.54) is 24.1 Å². The van der Waals surface area contributed by atoms with Crippen molar-refractivity contribution in [2.45, 2.75) is 20.0 Å². The van der Waals surface area contributed by atoms with E-state index in [1.807, 2.05) is 13.0 Å². The zero-order valence-electron chi connectivity index (χ0n) is 18.7. The van der Waals surface area contributed by atoms with Crippen molar-refractivity contribution in [3.05, 3.63) is 95.6 Å². The molecule has 0 saturated carbocycles. The lowest BCUT2D eigenvalue weighted by Gasteiger charge is -2.15. The van der Waals surface area contributed by atoms with Gasteiger partial charge in [-0.25, -0.2) is 9.37 Å². The average Bonchev–Trinajstić information content (AvgIpc) is 2.86. The van der Waals surface area contributed by atoms with Gasteiger partial charge < -0.3 is 9.47 Å². The molecule has 6 nitrogen and oxygen atoms in total. The van der Waals surface area contributed by atoms with Crippen LogP contribution in [-0.4, -0.2) is 23.0 Å². The third kappa shape index (κ3) is 5.27. The molecule has 10 heteroatoms. The lowest BCUT2D eigenvalue weighted by Crippen LogP contribution is -2.22. The first-order valence-electron chi connectivity index (χ1n) is 10.5. The van der Waals surface area contributed by atoms with Crippen LogP contribution in [0.3, 0.4) is 0 Å². The van der Waals surface area contributed by atoms with Gasteiger partial charge in [0.2, 0.25) is 0 Å². The highest BCUT2D eigenvalue weighted by atomic mass is 79.9. The van der Waals surface area contributed by atoms with Crippen LogP contribution in [0, 0.1) is 5.82 Å². The first-order chi connectivity index (χ1) is 16.8. The van der Waals surface area contributed by atoms with Gasteiger partial charge in [0.1, 0.15) is 23.3 Å². The highest BCUT2D eigenvalue weighted by Crippen LogP contribution is 2.42. The van der Waals surface area contributed by atoms with Crippen LogP contribution in [-0.2, 0) is 13.0 Å². The molecule has 0 saturated heterocycles. The molecule has 35 heavy (non-hydrogen) atoms. The molecule has 0 radical (unpaired) electrons. The number of aromatic nitrogens is 2. The van der Waals surface area contributed by atoms with Gasteiger partial charge in [0.25, 0.3) is 5.56 Å². The second-order valence-electron chi connectivity index (χ2n) is 7.41. The summed E-state index contributed by atoms with van der Waals surface area (Å²) in [5, 5.41) is 5.08. The van der Waals surface area contributed by atoms with Gasteiger partial charge in [-0.2, -0.15) is 9.78 Å². The third-order valence-corrected chi connectivity index (χ3v) is 7.15. The molecule has 0 unspecified atom stereocenters. The van der Waals surface area contributed by atoms with Crippen LogP contribution >= 0.6 is 43.5 Å². The normalized spacial score (nSPS) is 11.4. The Bertz CT molecular complexity index is 1510. The van der Waals surface area contributed by atoms with Crippen molar-refractivity contribution in [3.63, 3.8) is 0 Å². The van der Waals surface area contributed by atoms with E-state index in [0.29, 0.717) is 44.5 Å². The minimum Gasteiger partial charge on any atom is -0.493 e. The number of hydrogen-bond donors (Lipinski definition) is 0. The Labute approximate surface area is 222 Å². The average molecular weight is 624 g/mol. The molecular weight excluding hydrogens is 605 g/mol. The molecule has 3 aromatic carbocycles. The van der Waals surface area contributed by atoms with Crippen molar-refractivity contribution in [1.29, 1.82) is 0 Å². The van der Waals surface area contributed by atoms with Gasteiger partial charge in [-0.3, -0.25) is 4.79 Å². The third-order valence-electron chi connectivity index (χ3n) is 5.21. The first-order valence-corrected chi connectivity index (χ1v) is 12.5. The molecule has 0 aliphatic carbocycles. The molecule has 0 bridgehead atoms. The van der Waals surface area contributed by atoms with Gasteiger partial charge in [-0.1, -0.05) is 52.7 Å². The number of methoxy groups -OCH3 is 1. The Balaban J connectivity index is 1.72. The number of rotatable bonds is 7. The second-order valence-corrected chi connectivity index (χ2v) is 9.50. The molecule has 180 valence electrons. The van der Waals surface area contributed by atoms with Crippen molar-refractivity contribution in [1.82, 2.24) is 9.66 Å². The summed E-state index contributed by atoms with van der Waals surface area (Å²) in [6.45, 7) is 1.87. The van der Waals surface area contributed by atoms with Gasteiger partial charge >= 0.3 is 0 Å². The summed E-state index contributed by atoms with van der Waals surface area (Å²) in [4.78, 5) is 17.7. The van der Waals surface area contributed by atoms with E-state index in [1.54, 1.807) is 36.4 Å². The van der Waals surface area contributed by atoms with Gasteiger partial charge in [0.05, 0.1) is 24.2 Å². The quantitative estimate of drug-likeness (QED) is 0.214. The smallest absolute Gasteiger partial charge is 0.282 e. The highest BCUT2D eigenvalue weighted by Gasteiger charge is 2.18. The number of benzene rings is 3. The molecule has 0 amide bonds. The number of aryl methyl sites for hydroxylation is 1. The Morgan fingerprint density at radius 2 is 1.97 bits per heavy atom. The number of nitrogens with zero attached hydrogens (tertiary/aromatic N) is 3. The monoisotopic (exact) mass is 621 g/mol. The summed E-state index contributed by atoms with van der Waals surface area (Å²) in [6, 6.07) is 13.3. The minimum atomic E-state index is -0.376. The number of ether oxygens (including phenoxy) is 2. The van der Waals surface area contributed by atoms with E-state index in [2.05, 4.69) is 41.9 Å². The Morgan fingerprint density at radius 1 is 1.20 bits per heavy atom. The fourth-order valence-electron chi connectivity index (χ4n) is 3.41. The van der Waals surface area contributed by atoms with E-state index >= 15 is 0 Å². The zero-order valence-corrected chi connectivity index (χ0v) is 22.6. The van der Waals surface area contributed by atoms with E-state index < -0.39 is 0 Å². The molecular formula is C25H19Br2ClFN3O3.